The molecule has 2 N–H and O–H groups in total. The Morgan fingerprint density at radius 3 is 2.55 bits per heavy atom. The maximum atomic E-state index is 12.1. The highest BCUT2D eigenvalue weighted by atomic mass is 127. The van der Waals surface area contributed by atoms with Crippen molar-refractivity contribution >= 4 is 41.5 Å². The van der Waals surface area contributed by atoms with E-state index >= 15 is 0 Å². The van der Waals surface area contributed by atoms with E-state index in [1.165, 1.54) is 22.4 Å². The molecule has 6 nitrogen and oxygen atoms in total. The summed E-state index contributed by atoms with van der Waals surface area (Å²) in [6.45, 7) is 9.21. The van der Waals surface area contributed by atoms with Gasteiger partial charge in [0.25, 0.3) is 0 Å². The molecule has 2 saturated heterocycles. The van der Waals surface area contributed by atoms with Crippen molar-refractivity contribution < 1.29 is 4.79 Å². The Kier molecular flexibility index (Phi) is 9.41. The van der Waals surface area contributed by atoms with Gasteiger partial charge in [0.05, 0.1) is 6.54 Å². The summed E-state index contributed by atoms with van der Waals surface area (Å²) >= 11 is 0. The Bertz CT molecular complexity index is 946. The summed E-state index contributed by atoms with van der Waals surface area (Å²) in [5, 5.41) is 7.03. The number of guanidine groups is 1. The van der Waals surface area contributed by atoms with Crippen molar-refractivity contribution in [3.63, 3.8) is 0 Å². The van der Waals surface area contributed by atoms with Crippen LogP contribution in [0.25, 0.3) is 0 Å². The summed E-state index contributed by atoms with van der Waals surface area (Å²) in [7, 11) is 0. The Hall–Kier alpha value is -2.29. The van der Waals surface area contributed by atoms with Gasteiger partial charge in [-0.15, -0.1) is 24.0 Å². The number of carbonyl (C=O) groups is 1. The molecular formula is C26H36IN5O. The molecule has 0 aromatic heterocycles. The Morgan fingerprint density at radius 2 is 1.85 bits per heavy atom. The van der Waals surface area contributed by atoms with Crippen molar-refractivity contribution in [1.82, 2.24) is 15.5 Å². The molecule has 7 heteroatoms. The van der Waals surface area contributed by atoms with Gasteiger partial charge in [0.2, 0.25) is 5.91 Å². The third-order valence-electron chi connectivity index (χ3n) is 6.33. The molecule has 1 atom stereocenters. The van der Waals surface area contributed by atoms with Gasteiger partial charge < -0.3 is 20.4 Å². The highest BCUT2D eigenvalue weighted by Crippen LogP contribution is 2.21. The summed E-state index contributed by atoms with van der Waals surface area (Å²) in [5.74, 6) is 1.12. The maximum absolute atomic E-state index is 12.1. The predicted octanol–water partition coefficient (Wildman–Crippen LogP) is 4.07. The number of benzene rings is 2. The van der Waals surface area contributed by atoms with E-state index in [1.54, 1.807) is 0 Å². The largest absolute Gasteiger partial charge is 0.369 e. The zero-order valence-electron chi connectivity index (χ0n) is 19.7. The normalized spacial score (nSPS) is 18.4. The lowest BCUT2D eigenvalue weighted by molar-refractivity contribution is -0.128. The Labute approximate surface area is 214 Å². The summed E-state index contributed by atoms with van der Waals surface area (Å²) in [4.78, 5) is 21.3. The number of likely N-dealkylation sites (tertiary alicyclic amines) is 1. The van der Waals surface area contributed by atoms with Gasteiger partial charge in [0.1, 0.15) is 0 Å². The van der Waals surface area contributed by atoms with Gasteiger partial charge in [-0.2, -0.15) is 0 Å². The average Bonchev–Trinajstić information content (AvgIpc) is 3.43. The van der Waals surface area contributed by atoms with Crippen molar-refractivity contribution in [3.05, 3.63) is 65.2 Å². The van der Waals surface area contributed by atoms with Crippen molar-refractivity contribution in [3.8, 4) is 0 Å². The molecule has 0 bridgehead atoms. The minimum atomic E-state index is 0. The fourth-order valence-electron chi connectivity index (χ4n) is 4.49. The maximum Gasteiger partial charge on any atom is 0.222 e. The SMILES string of the molecule is CCNC(=NCc1ccccc1CN1CCCC1=O)NC1CCN(c2ccc(C)cc2)C1.I. The van der Waals surface area contributed by atoms with Crippen molar-refractivity contribution in [1.29, 1.82) is 0 Å². The minimum Gasteiger partial charge on any atom is -0.369 e. The van der Waals surface area contributed by atoms with Crippen LogP contribution in [0.1, 0.15) is 42.9 Å². The lowest BCUT2D eigenvalue weighted by Gasteiger charge is -2.21. The monoisotopic (exact) mass is 561 g/mol. The minimum absolute atomic E-state index is 0. The molecule has 2 aromatic carbocycles. The molecule has 2 aliphatic rings. The first-order chi connectivity index (χ1) is 15.6. The number of amides is 1. The van der Waals surface area contributed by atoms with Crippen molar-refractivity contribution in [2.75, 3.05) is 31.1 Å². The molecule has 2 fully saturated rings. The average molecular weight is 562 g/mol. The molecule has 1 amide bonds. The molecule has 0 aliphatic carbocycles. The van der Waals surface area contributed by atoms with Crippen LogP contribution in [0.2, 0.25) is 0 Å². The van der Waals surface area contributed by atoms with E-state index in [0.29, 0.717) is 25.6 Å². The van der Waals surface area contributed by atoms with E-state index in [2.05, 4.69) is 71.8 Å². The number of aliphatic imine (C=N–C) groups is 1. The van der Waals surface area contributed by atoms with Crippen LogP contribution in [0.15, 0.2) is 53.5 Å². The third kappa shape index (κ3) is 6.85. The van der Waals surface area contributed by atoms with E-state index in [4.69, 9.17) is 4.99 Å². The quantitative estimate of drug-likeness (QED) is 0.304. The fourth-order valence-corrected chi connectivity index (χ4v) is 4.49. The number of anilines is 1. The van der Waals surface area contributed by atoms with Gasteiger partial charge in [-0.05, 0) is 49.9 Å². The number of aryl methyl sites for hydroxylation is 1. The molecular weight excluding hydrogens is 525 g/mol. The third-order valence-corrected chi connectivity index (χ3v) is 6.33. The fraction of sp³-hybridized carbons (Fsp3) is 0.462. The van der Waals surface area contributed by atoms with E-state index in [1.807, 2.05) is 11.0 Å². The number of hydrogen-bond acceptors (Lipinski definition) is 3. The second kappa shape index (κ2) is 12.3. The molecule has 2 aromatic rings. The number of nitrogens with one attached hydrogen (secondary N) is 2. The first kappa shape index (κ1) is 25.3. The Morgan fingerprint density at radius 1 is 1.09 bits per heavy atom. The first-order valence-corrected chi connectivity index (χ1v) is 11.8. The van der Waals surface area contributed by atoms with Crippen LogP contribution in [-0.2, 0) is 17.9 Å². The first-order valence-electron chi connectivity index (χ1n) is 11.8. The van der Waals surface area contributed by atoms with Crippen LogP contribution >= 0.6 is 24.0 Å². The Balaban J connectivity index is 0.00000306. The molecule has 4 rings (SSSR count). The summed E-state index contributed by atoms with van der Waals surface area (Å²) in [6, 6.07) is 17.5. The van der Waals surface area contributed by atoms with E-state index in [9.17, 15) is 4.79 Å². The summed E-state index contributed by atoms with van der Waals surface area (Å²) < 4.78 is 0. The number of hydrogen-bond donors (Lipinski definition) is 2. The molecule has 2 heterocycles. The van der Waals surface area contributed by atoms with E-state index < -0.39 is 0 Å². The highest BCUT2D eigenvalue weighted by Gasteiger charge is 2.24. The molecule has 2 aliphatic heterocycles. The number of rotatable bonds is 7. The number of halogens is 1. The zero-order valence-corrected chi connectivity index (χ0v) is 22.0. The second-order valence-corrected chi connectivity index (χ2v) is 8.79. The number of carbonyl (C=O) groups excluding carboxylic acids is 1. The molecule has 1 unspecified atom stereocenters. The van der Waals surface area contributed by atoms with Crippen LogP contribution in [0.4, 0.5) is 5.69 Å². The van der Waals surface area contributed by atoms with Gasteiger partial charge in [0, 0.05) is 50.9 Å². The van der Waals surface area contributed by atoms with E-state index in [-0.39, 0.29) is 29.9 Å². The van der Waals surface area contributed by atoms with Crippen molar-refractivity contribution in [2.45, 2.75) is 52.2 Å². The van der Waals surface area contributed by atoms with E-state index in [0.717, 1.165) is 45.0 Å². The summed E-state index contributed by atoms with van der Waals surface area (Å²) in [5.41, 5.74) is 4.94. The van der Waals surface area contributed by atoms with Crippen molar-refractivity contribution in [2.24, 2.45) is 4.99 Å². The van der Waals surface area contributed by atoms with Gasteiger partial charge in [0.15, 0.2) is 5.96 Å². The van der Waals surface area contributed by atoms with Crippen LogP contribution in [0, 0.1) is 6.92 Å². The lowest BCUT2D eigenvalue weighted by atomic mass is 10.1. The van der Waals surface area contributed by atoms with Gasteiger partial charge in [-0.1, -0.05) is 42.0 Å². The molecule has 33 heavy (non-hydrogen) atoms. The molecule has 0 saturated carbocycles. The standard InChI is InChI=1S/C26H35N5O.HI/c1-3-27-26(29-23-14-16-30(19-23)24-12-10-20(2)11-13-24)28-17-21-7-4-5-8-22(21)18-31-15-6-9-25(31)32;/h4-5,7-8,10-13,23H,3,6,9,14-19H2,1-2H3,(H2,27,28,29);1H. The van der Waals surface area contributed by atoms with Gasteiger partial charge in [-0.25, -0.2) is 4.99 Å². The van der Waals surface area contributed by atoms with Crippen LogP contribution in [-0.4, -0.2) is 49.0 Å². The lowest BCUT2D eigenvalue weighted by Crippen LogP contribution is -2.44. The van der Waals surface area contributed by atoms with Gasteiger partial charge in [-0.3, -0.25) is 4.79 Å². The smallest absolute Gasteiger partial charge is 0.222 e. The number of nitrogens with zero attached hydrogens (tertiary/aromatic N) is 3. The van der Waals surface area contributed by atoms with Gasteiger partial charge >= 0.3 is 0 Å². The highest BCUT2D eigenvalue weighted by molar-refractivity contribution is 14.0. The molecule has 0 radical (unpaired) electrons. The topological polar surface area (TPSA) is 60.0 Å². The van der Waals surface area contributed by atoms with Crippen LogP contribution in [0.5, 0.6) is 0 Å². The van der Waals surface area contributed by atoms with Crippen LogP contribution in [0.3, 0.4) is 0 Å². The molecule has 178 valence electrons. The predicted molar refractivity (Wildman–Crippen MR) is 146 cm³/mol. The molecule has 0 spiro atoms. The summed E-state index contributed by atoms with van der Waals surface area (Å²) in [6.07, 6.45) is 2.73. The zero-order chi connectivity index (χ0) is 22.3. The van der Waals surface area contributed by atoms with Crippen LogP contribution < -0.4 is 15.5 Å². The second-order valence-electron chi connectivity index (χ2n) is 8.79.